The number of ketones is 1. The molecule has 0 aliphatic heterocycles. The summed E-state index contributed by atoms with van der Waals surface area (Å²) in [5, 5.41) is 15.5. The molecule has 0 aromatic heterocycles. The van der Waals surface area contributed by atoms with Gasteiger partial charge < -0.3 is 25.4 Å². The van der Waals surface area contributed by atoms with Crippen molar-refractivity contribution in [1.82, 2.24) is 15.5 Å². The largest absolute Gasteiger partial charge is 0.480 e. The standard InChI is InChI=1S/C45H62F5N3O8/c1-6-7-25-33(44(58)59)53(43(57)29(4)51-42(56)40(28(2)3)52-41(55)31-22-19-17-20-23-31)26-21-16-14-12-10-8-9-11-13-15-18-24-32(30(5)54)27-61-45(60)34-35(46)37(48)39(50)38(49)36(34)47/h17,19-20,22-23,28-29,32-33,40H,6-16,18,21,24-27H2,1-5H3,(H,51,56)(H,52,55)(H,58,59)/t29-,32?,33-,40-/m0/s1. The normalized spacial score (nSPS) is 13.2. The molecule has 16 heteroatoms. The SMILES string of the molecule is CCCC[C@@H](C(=O)O)N(CCCCCCCCCCCCCC(COC(=O)c1c(F)c(F)c(F)c(F)c1F)C(C)=O)C(=O)[C@H](C)NC(=O)[C@@H](NC(=O)c1ccccc1)C(C)C. The summed E-state index contributed by atoms with van der Waals surface area (Å²) >= 11 is 0. The summed E-state index contributed by atoms with van der Waals surface area (Å²) in [7, 11) is 0. The van der Waals surface area contributed by atoms with Gasteiger partial charge in [-0.1, -0.05) is 116 Å². The quantitative estimate of drug-likeness (QED) is 0.0241. The number of carboxylic acid groups (broad SMARTS) is 1. The van der Waals surface area contributed by atoms with Gasteiger partial charge in [-0.2, -0.15) is 0 Å². The van der Waals surface area contributed by atoms with Crippen LogP contribution in [0.1, 0.15) is 152 Å². The smallest absolute Gasteiger partial charge is 0.344 e. The number of carboxylic acids is 1. The van der Waals surface area contributed by atoms with Gasteiger partial charge in [0.2, 0.25) is 17.6 Å². The van der Waals surface area contributed by atoms with Gasteiger partial charge in [0, 0.05) is 12.1 Å². The summed E-state index contributed by atoms with van der Waals surface area (Å²) in [5.74, 6) is -17.3. The average molecular weight is 868 g/mol. The predicted octanol–water partition coefficient (Wildman–Crippen LogP) is 8.86. The van der Waals surface area contributed by atoms with Crippen LogP contribution < -0.4 is 10.6 Å². The Labute approximate surface area is 355 Å². The number of aliphatic carboxylic acids is 1. The number of carbonyl (C=O) groups excluding carboxylic acids is 5. The molecule has 1 unspecified atom stereocenters. The van der Waals surface area contributed by atoms with Gasteiger partial charge in [0.25, 0.3) is 5.91 Å². The maximum absolute atomic E-state index is 13.9. The minimum Gasteiger partial charge on any atom is -0.480 e. The highest BCUT2D eigenvalue weighted by molar-refractivity contribution is 5.98. The van der Waals surface area contributed by atoms with Crippen molar-refractivity contribution in [1.29, 1.82) is 0 Å². The Morgan fingerprint density at radius 2 is 1.20 bits per heavy atom. The molecule has 340 valence electrons. The van der Waals surface area contributed by atoms with Crippen LogP contribution in [0.5, 0.6) is 0 Å². The van der Waals surface area contributed by atoms with Gasteiger partial charge in [-0.05, 0) is 51.2 Å². The molecule has 0 aliphatic carbocycles. The Morgan fingerprint density at radius 1 is 0.689 bits per heavy atom. The van der Waals surface area contributed by atoms with Crippen LogP contribution in [-0.2, 0) is 23.9 Å². The van der Waals surface area contributed by atoms with Crippen LogP contribution in [0, 0.1) is 40.9 Å². The summed E-state index contributed by atoms with van der Waals surface area (Å²) in [6.45, 7) is 7.93. The zero-order valence-electron chi connectivity index (χ0n) is 35.9. The minimum atomic E-state index is -2.39. The fraction of sp³-hybridized carbons (Fsp3) is 0.600. The molecule has 0 aliphatic rings. The van der Waals surface area contributed by atoms with E-state index in [4.69, 9.17) is 4.74 Å². The molecule has 0 heterocycles. The second-order valence-corrected chi connectivity index (χ2v) is 15.8. The molecule has 0 fully saturated rings. The summed E-state index contributed by atoms with van der Waals surface area (Å²) in [6.07, 6.45) is 11.3. The molecule has 4 atom stereocenters. The molecular formula is C45H62F5N3O8. The Bertz CT molecular complexity index is 1730. The number of rotatable bonds is 29. The van der Waals surface area contributed by atoms with Crippen LogP contribution in [0.4, 0.5) is 22.0 Å². The lowest BCUT2D eigenvalue weighted by Crippen LogP contribution is -2.57. The molecule has 11 nitrogen and oxygen atoms in total. The summed E-state index contributed by atoms with van der Waals surface area (Å²) < 4.78 is 72.9. The van der Waals surface area contributed by atoms with E-state index in [1.54, 1.807) is 44.2 Å². The van der Waals surface area contributed by atoms with E-state index >= 15 is 0 Å². The van der Waals surface area contributed by atoms with E-state index in [1.165, 1.54) is 18.7 Å². The Balaban J connectivity index is 1.76. The topological polar surface area (TPSA) is 159 Å². The molecule has 0 spiro atoms. The lowest BCUT2D eigenvalue weighted by atomic mass is 9.97. The number of amides is 3. The number of carbonyl (C=O) groups is 6. The van der Waals surface area contributed by atoms with Crippen LogP contribution in [0.2, 0.25) is 0 Å². The first-order valence-electron chi connectivity index (χ1n) is 21.3. The maximum atomic E-state index is 13.9. The zero-order valence-corrected chi connectivity index (χ0v) is 35.9. The molecule has 0 bridgehead atoms. The first-order valence-corrected chi connectivity index (χ1v) is 21.3. The highest BCUT2D eigenvalue weighted by Crippen LogP contribution is 2.25. The van der Waals surface area contributed by atoms with Gasteiger partial charge in [-0.3, -0.25) is 19.2 Å². The molecule has 3 N–H and O–H groups in total. The number of nitrogens with zero attached hydrogens (tertiary/aromatic N) is 1. The van der Waals surface area contributed by atoms with E-state index in [2.05, 4.69) is 10.6 Å². The maximum Gasteiger partial charge on any atom is 0.344 e. The highest BCUT2D eigenvalue weighted by atomic mass is 19.2. The van der Waals surface area contributed by atoms with E-state index in [-0.39, 0.29) is 24.7 Å². The summed E-state index contributed by atoms with van der Waals surface area (Å²) in [4.78, 5) is 77.8. The molecule has 2 aromatic carbocycles. The lowest BCUT2D eigenvalue weighted by molar-refractivity contribution is -0.151. The van der Waals surface area contributed by atoms with Crippen LogP contribution >= 0.6 is 0 Å². The van der Waals surface area contributed by atoms with Gasteiger partial charge in [0.1, 0.15) is 36.1 Å². The summed E-state index contributed by atoms with van der Waals surface area (Å²) in [6, 6.07) is 5.47. The van der Waals surface area contributed by atoms with Crippen LogP contribution in [0.3, 0.4) is 0 Å². The summed E-state index contributed by atoms with van der Waals surface area (Å²) in [5.41, 5.74) is -1.32. The molecule has 2 aromatic rings. The monoisotopic (exact) mass is 867 g/mol. The number of benzene rings is 2. The second-order valence-electron chi connectivity index (χ2n) is 15.8. The fourth-order valence-corrected chi connectivity index (χ4v) is 6.89. The van der Waals surface area contributed by atoms with E-state index < -0.39 is 95.0 Å². The van der Waals surface area contributed by atoms with Gasteiger partial charge in [-0.15, -0.1) is 0 Å². The predicted molar refractivity (Wildman–Crippen MR) is 219 cm³/mol. The number of hydrogen-bond donors (Lipinski definition) is 3. The lowest BCUT2D eigenvalue weighted by Gasteiger charge is -2.32. The first-order chi connectivity index (χ1) is 28.9. The van der Waals surface area contributed by atoms with Crippen molar-refractivity contribution >= 4 is 35.4 Å². The number of esters is 1. The van der Waals surface area contributed by atoms with Gasteiger partial charge in [0.05, 0.1) is 5.92 Å². The third kappa shape index (κ3) is 16.8. The molecule has 0 radical (unpaired) electrons. The van der Waals surface area contributed by atoms with Crippen molar-refractivity contribution in [2.45, 2.75) is 149 Å². The van der Waals surface area contributed by atoms with Gasteiger partial charge in [0.15, 0.2) is 23.3 Å². The van der Waals surface area contributed by atoms with Crippen molar-refractivity contribution in [3.8, 4) is 0 Å². The van der Waals surface area contributed by atoms with E-state index in [9.17, 15) is 55.8 Å². The minimum absolute atomic E-state index is 0.219. The highest BCUT2D eigenvalue weighted by Gasteiger charge is 2.34. The van der Waals surface area contributed by atoms with Crippen molar-refractivity contribution in [2.24, 2.45) is 11.8 Å². The number of halogens is 5. The van der Waals surface area contributed by atoms with E-state index in [0.29, 0.717) is 31.2 Å². The molecular weight excluding hydrogens is 805 g/mol. The third-order valence-corrected chi connectivity index (χ3v) is 10.6. The second kappa shape index (κ2) is 27.1. The van der Waals surface area contributed by atoms with Gasteiger partial charge >= 0.3 is 11.9 Å². The number of hydrogen-bond acceptors (Lipinski definition) is 7. The zero-order chi connectivity index (χ0) is 45.6. The van der Waals surface area contributed by atoms with Crippen LogP contribution in [0.15, 0.2) is 30.3 Å². The first kappa shape index (κ1) is 52.2. The number of unbranched alkanes of at least 4 members (excludes halogenated alkanes) is 11. The van der Waals surface area contributed by atoms with E-state index in [0.717, 1.165) is 64.2 Å². The number of nitrogens with one attached hydrogen (secondary N) is 2. The Morgan fingerprint density at radius 3 is 1.69 bits per heavy atom. The molecule has 0 saturated heterocycles. The molecule has 3 amide bonds. The van der Waals surface area contributed by atoms with Crippen molar-refractivity contribution in [3.05, 3.63) is 70.5 Å². The number of ether oxygens (including phenoxy) is 1. The van der Waals surface area contributed by atoms with Gasteiger partial charge in [-0.25, -0.2) is 31.5 Å². The van der Waals surface area contributed by atoms with Crippen LogP contribution in [-0.4, -0.2) is 76.7 Å². The molecule has 2 rings (SSSR count). The third-order valence-electron chi connectivity index (χ3n) is 10.6. The van der Waals surface area contributed by atoms with E-state index in [1.807, 2.05) is 6.92 Å². The Kier molecular flexibility index (Phi) is 23.2. The van der Waals surface area contributed by atoms with Crippen molar-refractivity contribution in [2.75, 3.05) is 13.2 Å². The van der Waals surface area contributed by atoms with Crippen LogP contribution in [0.25, 0.3) is 0 Å². The fourth-order valence-electron chi connectivity index (χ4n) is 6.89. The average Bonchev–Trinajstić information content (AvgIpc) is 3.22. The van der Waals surface area contributed by atoms with Crippen molar-refractivity contribution < 1.29 is 60.6 Å². The Hall–Kier alpha value is -4.89. The molecule has 0 saturated carbocycles. The number of Topliss-reactive ketones (excluding diaryl/α,β-unsaturated/α-hetero) is 1. The van der Waals surface area contributed by atoms with Crippen molar-refractivity contribution in [3.63, 3.8) is 0 Å². The molecule has 61 heavy (non-hydrogen) atoms.